The first-order valence-electron chi connectivity index (χ1n) is 9.45. The molecule has 0 aliphatic heterocycles. The van der Waals surface area contributed by atoms with E-state index < -0.39 is 4.92 Å². The molecule has 4 aromatic rings. The average Bonchev–Trinajstić information content (AvgIpc) is 3.07. The molecule has 0 bridgehead atoms. The van der Waals surface area contributed by atoms with Crippen LogP contribution in [0.5, 0.6) is 17.2 Å². The maximum Gasteiger partial charge on any atom is 0.288 e. The van der Waals surface area contributed by atoms with Gasteiger partial charge >= 0.3 is 0 Å². The molecule has 0 unspecified atom stereocenters. The minimum atomic E-state index is -0.517. The number of halogens is 1. The number of rotatable bonds is 6. The first kappa shape index (κ1) is 20.6. The fraction of sp³-hybridized carbons (Fsp3) is 0.182. The molecule has 0 spiro atoms. The molecule has 2 aromatic carbocycles. The molecule has 0 radical (unpaired) electrons. The van der Waals surface area contributed by atoms with Crippen LogP contribution in [0.2, 0.25) is 5.02 Å². The number of nitro benzene ring substituents is 1. The molecule has 0 saturated carbocycles. The van der Waals surface area contributed by atoms with Crippen molar-refractivity contribution < 1.29 is 14.4 Å². The number of nitrogens with zero attached hydrogens (tertiary/aromatic N) is 4. The summed E-state index contributed by atoms with van der Waals surface area (Å²) in [4.78, 5) is 15.1. The third-order valence-corrected chi connectivity index (χ3v) is 5.22. The lowest BCUT2D eigenvalue weighted by molar-refractivity contribution is -0.384. The predicted octanol–water partition coefficient (Wildman–Crippen LogP) is 5.46. The maximum atomic E-state index is 11.1. The minimum Gasteiger partial charge on any atom is -0.497 e. The molecule has 31 heavy (non-hydrogen) atoms. The molecule has 8 nitrogen and oxygen atoms in total. The third-order valence-electron chi connectivity index (χ3n) is 4.92. The molecule has 0 saturated heterocycles. The Hall–Kier alpha value is -3.65. The van der Waals surface area contributed by atoms with Gasteiger partial charge in [-0.2, -0.15) is 5.10 Å². The quantitative estimate of drug-likeness (QED) is 0.293. The van der Waals surface area contributed by atoms with Gasteiger partial charge in [-0.1, -0.05) is 23.7 Å². The van der Waals surface area contributed by atoms with Crippen molar-refractivity contribution in [3.8, 4) is 17.2 Å². The van der Waals surface area contributed by atoms with E-state index in [-0.39, 0.29) is 10.7 Å². The van der Waals surface area contributed by atoms with Crippen molar-refractivity contribution in [2.75, 3.05) is 7.11 Å². The fourth-order valence-corrected chi connectivity index (χ4v) is 3.59. The highest BCUT2D eigenvalue weighted by Crippen LogP contribution is 2.37. The molecule has 0 atom stereocenters. The second-order valence-electron chi connectivity index (χ2n) is 7.03. The van der Waals surface area contributed by atoms with E-state index in [0.717, 1.165) is 22.4 Å². The Morgan fingerprint density at radius 3 is 2.55 bits per heavy atom. The van der Waals surface area contributed by atoms with E-state index in [9.17, 15) is 10.1 Å². The van der Waals surface area contributed by atoms with E-state index in [1.807, 2.05) is 35.9 Å². The van der Waals surface area contributed by atoms with Gasteiger partial charge in [-0.15, -0.1) is 0 Å². The van der Waals surface area contributed by atoms with Gasteiger partial charge in [-0.3, -0.25) is 10.1 Å². The van der Waals surface area contributed by atoms with Crippen LogP contribution in [-0.4, -0.2) is 26.8 Å². The van der Waals surface area contributed by atoms with E-state index in [2.05, 4.69) is 10.1 Å². The van der Waals surface area contributed by atoms with E-state index in [1.54, 1.807) is 26.3 Å². The second kappa shape index (κ2) is 8.23. The molecule has 0 aliphatic rings. The van der Waals surface area contributed by atoms with Crippen molar-refractivity contribution >= 4 is 28.3 Å². The predicted molar refractivity (Wildman–Crippen MR) is 117 cm³/mol. The van der Waals surface area contributed by atoms with Crippen LogP contribution in [0.15, 0.2) is 48.7 Å². The molecule has 0 amide bonds. The summed E-state index contributed by atoms with van der Waals surface area (Å²) in [5.74, 6) is 1.78. The summed E-state index contributed by atoms with van der Waals surface area (Å²) < 4.78 is 13.1. The van der Waals surface area contributed by atoms with Crippen LogP contribution in [-0.2, 0) is 6.54 Å². The smallest absolute Gasteiger partial charge is 0.288 e. The lowest BCUT2D eigenvalue weighted by Gasteiger charge is -2.11. The summed E-state index contributed by atoms with van der Waals surface area (Å²) in [6, 6.07) is 12.3. The highest BCUT2D eigenvalue weighted by atomic mass is 35.5. The first-order valence-corrected chi connectivity index (χ1v) is 9.82. The highest BCUT2D eigenvalue weighted by Gasteiger charge is 2.19. The van der Waals surface area contributed by atoms with Crippen LogP contribution in [0.1, 0.15) is 16.8 Å². The van der Waals surface area contributed by atoms with Gasteiger partial charge in [0.2, 0.25) is 0 Å². The lowest BCUT2D eigenvalue weighted by atomic mass is 10.2. The van der Waals surface area contributed by atoms with E-state index in [1.165, 1.54) is 12.1 Å². The van der Waals surface area contributed by atoms with Crippen molar-refractivity contribution in [3.63, 3.8) is 0 Å². The van der Waals surface area contributed by atoms with Crippen LogP contribution >= 0.6 is 11.6 Å². The zero-order valence-electron chi connectivity index (χ0n) is 17.1. The molecule has 9 heteroatoms. The molecule has 158 valence electrons. The Labute approximate surface area is 183 Å². The van der Waals surface area contributed by atoms with Gasteiger partial charge in [0, 0.05) is 18.3 Å². The fourth-order valence-electron chi connectivity index (χ4n) is 3.36. The van der Waals surface area contributed by atoms with Gasteiger partial charge < -0.3 is 9.47 Å². The summed E-state index contributed by atoms with van der Waals surface area (Å²) in [5.41, 5.74) is 2.93. The molecular formula is C22H19ClN4O4. The third kappa shape index (κ3) is 4.02. The Morgan fingerprint density at radius 2 is 1.87 bits per heavy atom. The Kier molecular flexibility index (Phi) is 5.48. The first-order chi connectivity index (χ1) is 14.9. The van der Waals surface area contributed by atoms with E-state index in [4.69, 9.17) is 21.1 Å². The number of benzene rings is 2. The van der Waals surface area contributed by atoms with Gasteiger partial charge in [-0.05, 0) is 43.2 Å². The summed E-state index contributed by atoms with van der Waals surface area (Å²) in [5, 5.41) is 16.5. The zero-order chi connectivity index (χ0) is 22.1. The molecular weight excluding hydrogens is 420 g/mol. The normalized spacial score (nSPS) is 11.0. The number of pyridine rings is 1. The number of hydrogen-bond donors (Lipinski definition) is 0. The van der Waals surface area contributed by atoms with Crippen molar-refractivity contribution in [2.24, 2.45) is 0 Å². The van der Waals surface area contributed by atoms with Gasteiger partial charge in [0.15, 0.2) is 5.65 Å². The number of hydrogen-bond acceptors (Lipinski definition) is 6. The van der Waals surface area contributed by atoms with Crippen molar-refractivity contribution in [1.29, 1.82) is 0 Å². The maximum absolute atomic E-state index is 11.1. The molecule has 0 fully saturated rings. The Morgan fingerprint density at radius 1 is 1.13 bits per heavy atom. The van der Waals surface area contributed by atoms with Gasteiger partial charge in [-0.25, -0.2) is 9.67 Å². The van der Waals surface area contributed by atoms with Crippen molar-refractivity contribution in [1.82, 2.24) is 14.8 Å². The summed E-state index contributed by atoms with van der Waals surface area (Å²) in [6.07, 6.45) is 1.64. The lowest BCUT2D eigenvalue weighted by Crippen LogP contribution is -2.03. The molecule has 0 N–H and O–H groups in total. The van der Waals surface area contributed by atoms with Crippen LogP contribution in [0, 0.1) is 24.0 Å². The van der Waals surface area contributed by atoms with Gasteiger partial charge in [0.25, 0.3) is 5.69 Å². The number of aryl methyl sites for hydroxylation is 2. The minimum absolute atomic E-state index is 0.0165. The number of ether oxygens (including phenoxy) is 2. The van der Waals surface area contributed by atoms with Gasteiger partial charge in [0.05, 0.1) is 29.7 Å². The zero-order valence-corrected chi connectivity index (χ0v) is 17.9. The Balaban J connectivity index is 1.70. The summed E-state index contributed by atoms with van der Waals surface area (Å²) >= 11 is 6.07. The number of aromatic nitrogens is 3. The monoisotopic (exact) mass is 438 g/mol. The summed E-state index contributed by atoms with van der Waals surface area (Å²) in [6.45, 7) is 4.15. The molecule has 0 aliphatic carbocycles. The standard InChI is InChI=1S/C22H19ClN4O4/c1-13-10-18(27(28)29)17(23)11-20(13)31-19-8-9-24-22-21(19)14(2)25-26(22)12-15-4-6-16(30-3)7-5-15/h4-11H,12H2,1-3H3. The van der Waals surface area contributed by atoms with Crippen LogP contribution < -0.4 is 9.47 Å². The van der Waals surface area contributed by atoms with Crippen molar-refractivity contribution in [3.05, 3.63) is 80.6 Å². The highest BCUT2D eigenvalue weighted by molar-refractivity contribution is 6.32. The number of fused-ring (bicyclic) bond motifs is 1. The molecule has 2 heterocycles. The van der Waals surface area contributed by atoms with Gasteiger partial charge in [0.1, 0.15) is 22.3 Å². The van der Waals surface area contributed by atoms with Crippen LogP contribution in [0.4, 0.5) is 5.69 Å². The SMILES string of the molecule is COc1ccc(Cn2nc(C)c3c(Oc4cc(Cl)c([N+](=O)[O-])cc4C)ccnc32)cc1. The topological polar surface area (TPSA) is 92.3 Å². The number of nitro groups is 1. The number of methoxy groups -OCH3 is 1. The van der Waals surface area contributed by atoms with E-state index in [0.29, 0.717) is 29.3 Å². The molecule has 2 aromatic heterocycles. The van der Waals surface area contributed by atoms with Crippen LogP contribution in [0.3, 0.4) is 0 Å². The van der Waals surface area contributed by atoms with E-state index >= 15 is 0 Å². The summed E-state index contributed by atoms with van der Waals surface area (Å²) in [7, 11) is 1.63. The second-order valence-corrected chi connectivity index (χ2v) is 7.43. The van der Waals surface area contributed by atoms with Crippen LogP contribution in [0.25, 0.3) is 11.0 Å². The average molecular weight is 439 g/mol. The Bertz CT molecular complexity index is 1290. The molecule has 4 rings (SSSR count). The van der Waals surface area contributed by atoms with Crippen molar-refractivity contribution in [2.45, 2.75) is 20.4 Å². The largest absolute Gasteiger partial charge is 0.497 e.